The van der Waals surface area contributed by atoms with E-state index in [0.29, 0.717) is 11.6 Å². The molecule has 0 bridgehead atoms. The predicted octanol–water partition coefficient (Wildman–Crippen LogP) is 4.52. The maximum Gasteiger partial charge on any atom is 0.237 e. The van der Waals surface area contributed by atoms with Crippen molar-refractivity contribution >= 4 is 22.7 Å². The van der Waals surface area contributed by atoms with Gasteiger partial charge in [0, 0.05) is 10.8 Å². The van der Waals surface area contributed by atoms with Gasteiger partial charge in [-0.05, 0) is 24.6 Å². The van der Waals surface area contributed by atoms with E-state index in [2.05, 4.69) is 55.0 Å². The molecule has 4 nitrogen and oxygen atoms in total. The molecule has 0 fully saturated rings. The second-order valence-corrected chi connectivity index (χ2v) is 7.34. The van der Waals surface area contributed by atoms with Gasteiger partial charge in [0.05, 0.1) is 16.3 Å². The summed E-state index contributed by atoms with van der Waals surface area (Å²) in [5.74, 6) is 2.02. The molecule has 5 heteroatoms. The summed E-state index contributed by atoms with van der Waals surface area (Å²) in [6.07, 6.45) is 0. The summed E-state index contributed by atoms with van der Waals surface area (Å²) in [5.41, 5.74) is 2.16. The number of aromatic nitrogens is 3. The van der Waals surface area contributed by atoms with Crippen LogP contribution in [0.2, 0.25) is 0 Å². The molecule has 0 aliphatic rings. The minimum absolute atomic E-state index is 0.0931. The molecule has 0 saturated heterocycles. The first-order chi connectivity index (χ1) is 10.4. The molecule has 0 radical (unpaired) electrons. The Balaban J connectivity index is 1.78. The van der Waals surface area contributed by atoms with Gasteiger partial charge in [-0.3, -0.25) is 0 Å². The molecular weight excluding hydrogens is 294 g/mol. The lowest BCUT2D eigenvalue weighted by atomic mass is 9.96. The minimum atomic E-state index is -0.0931. The monoisotopic (exact) mass is 313 g/mol. The second kappa shape index (κ2) is 5.72. The SMILES string of the molecule is Cc1cc(SCc2nc(C(C)(C)C)no2)nc2ccccc12. The quantitative estimate of drug-likeness (QED) is 0.666. The molecule has 2 aromatic heterocycles. The summed E-state index contributed by atoms with van der Waals surface area (Å²) in [5, 5.41) is 6.22. The molecule has 0 amide bonds. The first kappa shape index (κ1) is 15.0. The van der Waals surface area contributed by atoms with Crippen LogP contribution in [-0.4, -0.2) is 15.1 Å². The molecule has 0 unspecified atom stereocenters. The molecule has 1 aromatic carbocycles. The van der Waals surface area contributed by atoms with Gasteiger partial charge in [0.15, 0.2) is 5.82 Å². The van der Waals surface area contributed by atoms with Gasteiger partial charge < -0.3 is 4.52 Å². The molecule has 0 saturated carbocycles. The van der Waals surface area contributed by atoms with Crippen molar-refractivity contribution in [2.24, 2.45) is 0 Å². The second-order valence-electron chi connectivity index (χ2n) is 6.34. The van der Waals surface area contributed by atoms with Gasteiger partial charge in [0.2, 0.25) is 5.89 Å². The first-order valence-electron chi connectivity index (χ1n) is 7.26. The van der Waals surface area contributed by atoms with E-state index in [-0.39, 0.29) is 5.41 Å². The van der Waals surface area contributed by atoms with Crippen LogP contribution >= 0.6 is 11.8 Å². The van der Waals surface area contributed by atoms with E-state index in [9.17, 15) is 0 Å². The summed E-state index contributed by atoms with van der Waals surface area (Å²) in [6.45, 7) is 8.33. The Labute approximate surface area is 134 Å². The maximum atomic E-state index is 5.32. The Morgan fingerprint density at radius 1 is 1.14 bits per heavy atom. The van der Waals surface area contributed by atoms with E-state index < -0.39 is 0 Å². The van der Waals surface area contributed by atoms with E-state index in [4.69, 9.17) is 4.52 Å². The van der Waals surface area contributed by atoms with E-state index in [1.807, 2.05) is 18.2 Å². The highest BCUT2D eigenvalue weighted by Crippen LogP contribution is 2.26. The molecule has 22 heavy (non-hydrogen) atoms. The number of benzene rings is 1. The zero-order chi connectivity index (χ0) is 15.7. The van der Waals surface area contributed by atoms with Gasteiger partial charge in [0.25, 0.3) is 0 Å². The fourth-order valence-corrected chi connectivity index (χ4v) is 2.96. The molecule has 0 spiro atoms. The fourth-order valence-electron chi connectivity index (χ4n) is 2.15. The van der Waals surface area contributed by atoms with Crippen LogP contribution in [0.15, 0.2) is 39.9 Å². The van der Waals surface area contributed by atoms with Gasteiger partial charge in [-0.2, -0.15) is 4.98 Å². The molecule has 114 valence electrons. The van der Waals surface area contributed by atoms with Crippen LogP contribution in [0.4, 0.5) is 0 Å². The van der Waals surface area contributed by atoms with Gasteiger partial charge in [-0.15, -0.1) is 0 Å². The molecule has 3 aromatic rings. The average Bonchev–Trinajstić information content (AvgIpc) is 2.94. The van der Waals surface area contributed by atoms with Crippen molar-refractivity contribution in [3.8, 4) is 0 Å². The van der Waals surface area contributed by atoms with Gasteiger partial charge >= 0.3 is 0 Å². The zero-order valence-corrected chi connectivity index (χ0v) is 14.1. The summed E-state index contributed by atoms with van der Waals surface area (Å²) >= 11 is 1.62. The van der Waals surface area contributed by atoms with E-state index in [1.54, 1.807) is 11.8 Å². The standard InChI is InChI=1S/C17H19N3OS/c1-11-9-15(18-13-8-6-5-7-12(11)13)22-10-14-19-16(20-21-14)17(2,3)4/h5-9H,10H2,1-4H3. The number of nitrogens with zero attached hydrogens (tertiary/aromatic N) is 3. The summed E-state index contributed by atoms with van der Waals surface area (Å²) < 4.78 is 5.32. The van der Waals surface area contributed by atoms with Crippen molar-refractivity contribution in [1.82, 2.24) is 15.1 Å². The Morgan fingerprint density at radius 2 is 1.91 bits per heavy atom. The topological polar surface area (TPSA) is 51.8 Å². The molecule has 0 atom stereocenters. The minimum Gasteiger partial charge on any atom is -0.338 e. The van der Waals surface area contributed by atoms with Crippen LogP contribution in [0.3, 0.4) is 0 Å². The number of pyridine rings is 1. The van der Waals surface area contributed by atoms with E-state index in [1.165, 1.54) is 10.9 Å². The van der Waals surface area contributed by atoms with Gasteiger partial charge in [-0.1, -0.05) is 55.9 Å². The number of hydrogen-bond acceptors (Lipinski definition) is 5. The van der Waals surface area contributed by atoms with E-state index >= 15 is 0 Å². The summed E-state index contributed by atoms with van der Waals surface area (Å²) in [6, 6.07) is 10.3. The van der Waals surface area contributed by atoms with Crippen molar-refractivity contribution in [2.75, 3.05) is 0 Å². The van der Waals surface area contributed by atoms with Crippen LogP contribution in [0.25, 0.3) is 10.9 Å². The van der Waals surface area contributed by atoms with Gasteiger partial charge in [0.1, 0.15) is 0 Å². The normalized spacial score (nSPS) is 12.0. The number of hydrogen-bond donors (Lipinski definition) is 0. The Morgan fingerprint density at radius 3 is 2.64 bits per heavy atom. The number of rotatable bonds is 3. The first-order valence-corrected chi connectivity index (χ1v) is 8.24. The lowest BCUT2D eigenvalue weighted by Gasteiger charge is -2.10. The lowest BCUT2D eigenvalue weighted by Crippen LogP contribution is -2.13. The fraction of sp³-hybridized carbons (Fsp3) is 0.353. The van der Waals surface area contributed by atoms with Gasteiger partial charge in [-0.25, -0.2) is 4.98 Å². The lowest BCUT2D eigenvalue weighted by molar-refractivity contribution is 0.373. The van der Waals surface area contributed by atoms with Crippen molar-refractivity contribution in [1.29, 1.82) is 0 Å². The number of thioether (sulfide) groups is 1. The molecule has 2 heterocycles. The van der Waals surface area contributed by atoms with Crippen LogP contribution in [-0.2, 0) is 11.2 Å². The third-order valence-electron chi connectivity index (χ3n) is 3.38. The average molecular weight is 313 g/mol. The molecule has 0 aliphatic heterocycles. The third-order valence-corrected chi connectivity index (χ3v) is 4.28. The largest absolute Gasteiger partial charge is 0.338 e. The molecule has 0 aliphatic carbocycles. The summed E-state index contributed by atoms with van der Waals surface area (Å²) in [4.78, 5) is 9.13. The highest BCUT2D eigenvalue weighted by atomic mass is 32.2. The summed E-state index contributed by atoms with van der Waals surface area (Å²) in [7, 11) is 0. The Bertz CT molecular complexity index is 805. The van der Waals surface area contributed by atoms with Crippen LogP contribution in [0, 0.1) is 6.92 Å². The predicted molar refractivity (Wildman–Crippen MR) is 89.0 cm³/mol. The molecular formula is C17H19N3OS. The van der Waals surface area contributed by atoms with Crippen LogP contribution < -0.4 is 0 Å². The highest BCUT2D eigenvalue weighted by molar-refractivity contribution is 7.98. The van der Waals surface area contributed by atoms with Crippen molar-refractivity contribution in [3.05, 3.63) is 47.6 Å². The molecule has 3 rings (SSSR count). The number of aryl methyl sites for hydroxylation is 1. The van der Waals surface area contributed by atoms with E-state index in [0.717, 1.165) is 16.4 Å². The number of fused-ring (bicyclic) bond motifs is 1. The third kappa shape index (κ3) is 3.14. The number of para-hydroxylation sites is 1. The van der Waals surface area contributed by atoms with Crippen molar-refractivity contribution in [2.45, 2.75) is 43.9 Å². The van der Waals surface area contributed by atoms with Crippen molar-refractivity contribution in [3.63, 3.8) is 0 Å². The Hall–Kier alpha value is -1.88. The smallest absolute Gasteiger partial charge is 0.237 e. The zero-order valence-electron chi connectivity index (χ0n) is 13.3. The highest BCUT2D eigenvalue weighted by Gasteiger charge is 2.20. The van der Waals surface area contributed by atoms with Crippen LogP contribution in [0.1, 0.15) is 38.0 Å². The molecule has 0 N–H and O–H groups in total. The van der Waals surface area contributed by atoms with Crippen molar-refractivity contribution < 1.29 is 4.52 Å². The van der Waals surface area contributed by atoms with Crippen LogP contribution in [0.5, 0.6) is 0 Å². The maximum absolute atomic E-state index is 5.32. The Kier molecular flexibility index (Phi) is 3.91.